The molecule has 0 heterocycles. The van der Waals surface area contributed by atoms with Crippen LogP contribution in [0.4, 0.5) is 13.2 Å². The molecule has 0 fully saturated rings. The number of likely N-dealkylation sites (N-methyl/N-ethyl adjacent to an activating group) is 1. The summed E-state index contributed by atoms with van der Waals surface area (Å²) in [5.41, 5.74) is 1.01. The lowest BCUT2D eigenvalue weighted by molar-refractivity contribution is 0.485. The first-order chi connectivity index (χ1) is 9.95. The van der Waals surface area contributed by atoms with E-state index in [4.69, 9.17) is 0 Å². The quantitative estimate of drug-likeness (QED) is 0.837. The van der Waals surface area contributed by atoms with Crippen molar-refractivity contribution in [2.75, 3.05) is 7.05 Å². The molecule has 2 aromatic carbocycles. The average molecular weight is 358 g/mol. The largest absolute Gasteiger partial charge is 0.313 e. The fourth-order valence-electron chi connectivity index (χ4n) is 2.27. The van der Waals surface area contributed by atoms with Crippen LogP contribution in [0.5, 0.6) is 0 Å². The van der Waals surface area contributed by atoms with Gasteiger partial charge in [0, 0.05) is 11.6 Å². The number of hydrogen-bond acceptors (Lipinski definition) is 1. The predicted molar refractivity (Wildman–Crippen MR) is 80.7 cm³/mol. The minimum atomic E-state index is -0.607. The maximum atomic E-state index is 14.2. The summed E-state index contributed by atoms with van der Waals surface area (Å²) in [6, 6.07) is 6.70. The Morgan fingerprint density at radius 2 is 1.81 bits per heavy atom. The summed E-state index contributed by atoms with van der Waals surface area (Å²) in [6.45, 7) is 1.59. The van der Waals surface area contributed by atoms with Crippen LogP contribution in [0, 0.1) is 24.4 Å². The molecule has 0 saturated heterocycles. The van der Waals surface area contributed by atoms with Crippen molar-refractivity contribution < 1.29 is 13.2 Å². The minimum Gasteiger partial charge on any atom is -0.313 e. The number of nitrogens with one attached hydrogen (secondary N) is 1. The fourth-order valence-corrected chi connectivity index (χ4v) is 2.70. The van der Waals surface area contributed by atoms with E-state index in [0.29, 0.717) is 15.6 Å². The zero-order valence-corrected chi connectivity index (χ0v) is 13.3. The molecule has 0 spiro atoms. The lowest BCUT2D eigenvalue weighted by Crippen LogP contribution is -2.22. The zero-order chi connectivity index (χ0) is 15.6. The Kier molecular flexibility index (Phi) is 5.06. The highest BCUT2D eigenvalue weighted by Crippen LogP contribution is 2.29. The van der Waals surface area contributed by atoms with Gasteiger partial charge in [-0.15, -0.1) is 0 Å². The summed E-state index contributed by atoms with van der Waals surface area (Å²) in [4.78, 5) is 0. The van der Waals surface area contributed by atoms with Gasteiger partial charge in [-0.2, -0.15) is 0 Å². The van der Waals surface area contributed by atoms with E-state index in [1.54, 1.807) is 26.1 Å². The lowest BCUT2D eigenvalue weighted by atomic mass is 9.96. The van der Waals surface area contributed by atoms with E-state index in [2.05, 4.69) is 21.2 Å². The Hall–Kier alpha value is -1.33. The van der Waals surface area contributed by atoms with Crippen molar-refractivity contribution in [3.05, 3.63) is 68.9 Å². The van der Waals surface area contributed by atoms with Gasteiger partial charge >= 0.3 is 0 Å². The molecule has 0 saturated carbocycles. The minimum absolute atomic E-state index is 0.0198. The predicted octanol–water partition coefficient (Wildman–Crippen LogP) is 4.68. The third-order valence-electron chi connectivity index (χ3n) is 3.47. The van der Waals surface area contributed by atoms with Gasteiger partial charge in [-0.25, -0.2) is 13.2 Å². The second-order valence-electron chi connectivity index (χ2n) is 4.85. The Balaban J connectivity index is 2.42. The third-order valence-corrected chi connectivity index (χ3v) is 4.36. The molecule has 5 heteroatoms. The van der Waals surface area contributed by atoms with Gasteiger partial charge in [0.05, 0.1) is 4.47 Å². The summed E-state index contributed by atoms with van der Waals surface area (Å²) < 4.78 is 42.1. The van der Waals surface area contributed by atoms with Crippen molar-refractivity contribution in [3.63, 3.8) is 0 Å². The van der Waals surface area contributed by atoms with Gasteiger partial charge in [-0.05, 0) is 59.6 Å². The number of halogens is 4. The first-order valence-corrected chi connectivity index (χ1v) is 7.29. The molecule has 2 rings (SSSR count). The highest BCUT2D eigenvalue weighted by Gasteiger charge is 2.22. The number of aryl methyl sites for hydroxylation is 1. The van der Waals surface area contributed by atoms with Gasteiger partial charge in [0.2, 0.25) is 0 Å². The van der Waals surface area contributed by atoms with Gasteiger partial charge < -0.3 is 5.32 Å². The number of hydrogen-bond donors (Lipinski definition) is 1. The lowest BCUT2D eigenvalue weighted by Gasteiger charge is -2.20. The van der Waals surface area contributed by atoms with Gasteiger partial charge in [0.15, 0.2) is 0 Å². The van der Waals surface area contributed by atoms with Crippen molar-refractivity contribution in [2.24, 2.45) is 0 Å². The molecule has 1 nitrogen and oxygen atoms in total. The zero-order valence-electron chi connectivity index (χ0n) is 11.7. The molecular formula is C16H15BrF3N. The highest BCUT2D eigenvalue weighted by atomic mass is 79.9. The molecular weight excluding hydrogens is 343 g/mol. The van der Waals surface area contributed by atoms with E-state index in [1.807, 2.05) is 0 Å². The van der Waals surface area contributed by atoms with E-state index in [1.165, 1.54) is 18.2 Å². The van der Waals surface area contributed by atoms with Crippen LogP contribution in [0.1, 0.15) is 22.7 Å². The van der Waals surface area contributed by atoms with Gasteiger partial charge in [0.25, 0.3) is 0 Å². The summed E-state index contributed by atoms with van der Waals surface area (Å²) in [6.07, 6.45) is 0.270. The second-order valence-corrected chi connectivity index (χ2v) is 5.64. The summed E-state index contributed by atoms with van der Waals surface area (Å²) in [5.74, 6) is -1.57. The molecule has 21 heavy (non-hydrogen) atoms. The van der Waals surface area contributed by atoms with Crippen molar-refractivity contribution in [2.45, 2.75) is 19.4 Å². The SMILES string of the molecule is CNC(Cc1cccc(F)c1Br)c1c(F)ccc(C)c1F. The Labute approximate surface area is 130 Å². The summed E-state index contributed by atoms with van der Waals surface area (Å²) >= 11 is 3.17. The molecule has 1 N–H and O–H groups in total. The average Bonchev–Trinajstić information content (AvgIpc) is 2.46. The highest BCUT2D eigenvalue weighted by molar-refractivity contribution is 9.10. The van der Waals surface area contributed by atoms with Gasteiger partial charge in [0.1, 0.15) is 17.5 Å². The van der Waals surface area contributed by atoms with E-state index >= 15 is 0 Å². The van der Waals surface area contributed by atoms with Crippen molar-refractivity contribution in [1.29, 1.82) is 0 Å². The van der Waals surface area contributed by atoms with Crippen LogP contribution in [-0.2, 0) is 6.42 Å². The van der Waals surface area contributed by atoms with Crippen LogP contribution in [0.15, 0.2) is 34.8 Å². The molecule has 0 bridgehead atoms. The Bertz CT molecular complexity index is 658. The van der Waals surface area contributed by atoms with Crippen LogP contribution in [-0.4, -0.2) is 7.05 Å². The van der Waals surface area contributed by atoms with E-state index in [-0.39, 0.29) is 12.0 Å². The smallest absolute Gasteiger partial charge is 0.137 e. The summed E-state index contributed by atoms with van der Waals surface area (Å²) in [5, 5.41) is 2.90. The molecule has 0 aromatic heterocycles. The Morgan fingerprint density at radius 3 is 2.48 bits per heavy atom. The molecule has 0 radical (unpaired) electrons. The topological polar surface area (TPSA) is 12.0 Å². The second kappa shape index (κ2) is 6.62. The normalized spacial score (nSPS) is 12.5. The summed E-state index contributed by atoms with van der Waals surface area (Å²) in [7, 11) is 1.62. The van der Waals surface area contributed by atoms with Gasteiger partial charge in [-0.3, -0.25) is 0 Å². The van der Waals surface area contributed by atoms with Crippen molar-refractivity contribution in [1.82, 2.24) is 5.32 Å². The number of benzene rings is 2. The Morgan fingerprint density at radius 1 is 1.10 bits per heavy atom. The maximum absolute atomic E-state index is 14.2. The molecule has 112 valence electrons. The first-order valence-electron chi connectivity index (χ1n) is 6.50. The van der Waals surface area contributed by atoms with E-state index in [9.17, 15) is 13.2 Å². The fraction of sp³-hybridized carbons (Fsp3) is 0.250. The van der Waals surface area contributed by atoms with E-state index < -0.39 is 23.5 Å². The molecule has 0 amide bonds. The third kappa shape index (κ3) is 3.30. The van der Waals surface area contributed by atoms with Gasteiger partial charge in [-0.1, -0.05) is 18.2 Å². The van der Waals surface area contributed by atoms with E-state index in [0.717, 1.165) is 0 Å². The molecule has 0 aliphatic heterocycles. The molecule has 1 atom stereocenters. The molecule has 0 aliphatic rings. The maximum Gasteiger partial charge on any atom is 0.137 e. The van der Waals surface area contributed by atoms with Crippen LogP contribution in [0.2, 0.25) is 0 Å². The standard InChI is InChI=1S/C16H15BrF3N/c1-9-6-7-11(18)14(16(9)20)13(21-2)8-10-4-3-5-12(19)15(10)17/h3-7,13,21H,8H2,1-2H3. The van der Waals surface area contributed by atoms with Crippen LogP contribution >= 0.6 is 15.9 Å². The molecule has 0 aliphatic carbocycles. The molecule has 2 aromatic rings. The number of rotatable bonds is 4. The van der Waals surface area contributed by atoms with Crippen molar-refractivity contribution in [3.8, 4) is 0 Å². The first kappa shape index (κ1) is 16.0. The van der Waals surface area contributed by atoms with Crippen LogP contribution in [0.25, 0.3) is 0 Å². The van der Waals surface area contributed by atoms with Crippen molar-refractivity contribution >= 4 is 15.9 Å². The van der Waals surface area contributed by atoms with Crippen LogP contribution in [0.3, 0.4) is 0 Å². The van der Waals surface area contributed by atoms with Crippen LogP contribution < -0.4 is 5.32 Å². The monoisotopic (exact) mass is 357 g/mol. The molecule has 1 unspecified atom stereocenters.